The van der Waals surface area contributed by atoms with Crippen LogP contribution < -0.4 is 9.47 Å². The Hall–Kier alpha value is -2.73. The van der Waals surface area contributed by atoms with E-state index in [4.69, 9.17) is 9.47 Å². The van der Waals surface area contributed by atoms with E-state index >= 15 is 0 Å². The standard InChI is InChI=1S/C19H16O5S/c1-11-4-6-12(7-5-11)25(22)16-10-15(23-2)17-13(20)8-9-14(21)18(17)19(16)24-3/h4-10H,1-3H3. The highest BCUT2D eigenvalue weighted by Crippen LogP contribution is 2.40. The number of benzene rings is 2. The monoisotopic (exact) mass is 356 g/mol. The Labute approximate surface area is 147 Å². The van der Waals surface area contributed by atoms with Gasteiger partial charge in [0.25, 0.3) is 0 Å². The van der Waals surface area contributed by atoms with E-state index in [-0.39, 0.29) is 34.2 Å². The highest BCUT2D eigenvalue weighted by Gasteiger charge is 2.31. The Balaban J connectivity index is 2.26. The normalized spacial score (nSPS) is 14.2. The average molecular weight is 356 g/mol. The van der Waals surface area contributed by atoms with Crippen molar-refractivity contribution in [3.8, 4) is 11.5 Å². The zero-order chi connectivity index (χ0) is 18.1. The molecule has 0 saturated heterocycles. The minimum Gasteiger partial charge on any atom is -0.496 e. The van der Waals surface area contributed by atoms with Crippen LogP contribution >= 0.6 is 0 Å². The molecule has 0 aromatic heterocycles. The third kappa shape index (κ3) is 2.89. The van der Waals surface area contributed by atoms with Gasteiger partial charge in [-0.25, -0.2) is 4.21 Å². The molecule has 0 radical (unpaired) electrons. The molecule has 3 rings (SSSR count). The first-order valence-corrected chi connectivity index (χ1v) is 8.67. The number of fused-ring (bicyclic) bond motifs is 1. The van der Waals surface area contributed by atoms with E-state index in [0.29, 0.717) is 9.79 Å². The van der Waals surface area contributed by atoms with Gasteiger partial charge in [-0.2, -0.15) is 0 Å². The molecule has 128 valence electrons. The number of ketones is 2. The smallest absolute Gasteiger partial charge is 0.190 e. The molecular weight excluding hydrogens is 340 g/mol. The summed E-state index contributed by atoms with van der Waals surface area (Å²) >= 11 is 0. The van der Waals surface area contributed by atoms with Gasteiger partial charge in [-0.3, -0.25) is 9.59 Å². The van der Waals surface area contributed by atoms with Crippen LogP contribution in [0.4, 0.5) is 0 Å². The summed E-state index contributed by atoms with van der Waals surface area (Å²) in [5.74, 6) is -0.392. The maximum absolute atomic E-state index is 13.0. The lowest BCUT2D eigenvalue weighted by molar-refractivity contribution is 0.0988. The summed E-state index contributed by atoms with van der Waals surface area (Å²) < 4.78 is 23.7. The molecule has 1 aliphatic rings. The van der Waals surface area contributed by atoms with E-state index in [1.807, 2.05) is 19.1 Å². The first-order chi connectivity index (χ1) is 12.0. The van der Waals surface area contributed by atoms with Crippen molar-refractivity contribution in [2.24, 2.45) is 0 Å². The van der Waals surface area contributed by atoms with Crippen LogP contribution in [-0.4, -0.2) is 30.0 Å². The second-order valence-electron chi connectivity index (χ2n) is 5.50. The summed E-state index contributed by atoms with van der Waals surface area (Å²) in [6.45, 7) is 1.94. The fourth-order valence-corrected chi connectivity index (χ4v) is 3.91. The summed E-state index contributed by atoms with van der Waals surface area (Å²) in [6, 6.07) is 8.71. The zero-order valence-corrected chi connectivity index (χ0v) is 14.8. The lowest BCUT2D eigenvalue weighted by Crippen LogP contribution is -2.16. The average Bonchev–Trinajstić information content (AvgIpc) is 2.63. The largest absolute Gasteiger partial charge is 0.496 e. The van der Waals surface area contributed by atoms with Crippen LogP contribution in [0.2, 0.25) is 0 Å². The predicted octanol–water partition coefficient (Wildman–Crippen LogP) is 3.11. The molecule has 0 bridgehead atoms. The van der Waals surface area contributed by atoms with Crippen LogP contribution in [0.1, 0.15) is 26.3 Å². The highest BCUT2D eigenvalue weighted by molar-refractivity contribution is 7.85. The minimum atomic E-state index is -1.60. The summed E-state index contributed by atoms with van der Waals surface area (Å²) in [5, 5.41) is 0. The van der Waals surface area contributed by atoms with Crippen LogP contribution in [0.25, 0.3) is 0 Å². The van der Waals surface area contributed by atoms with Gasteiger partial charge in [0, 0.05) is 11.0 Å². The zero-order valence-electron chi connectivity index (χ0n) is 14.0. The van der Waals surface area contributed by atoms with E-state index in [0.717, 1.165) is 5.56 Å². The van der Waals surface area contributed by atoms with Crippen molar-refractivity contribution in [2.75, 3.05) is 14.2 Å². The molecule has 25 heavy (non-hydrogen) atoms. The Bertz CT molecular complexity index is 926. The number of carbonyl (C=O) groups is 2. The van der Waals surface area contributed by atoms with Gasteiger partial charge in [0.1, 0.15) is 11.5 Å². The van der Waals surface area contributed by atoms with E-state index in [2.05, 4.69) is 0 Å². The second-order valence-corrected chi connectivity index (χ2v) is 6.95. The molecule has 0 saturated carbocycles. The molecular formula is C19H16O5S. The summed E-state index contributed by atoms with van der Waals surface area (Å²) in [6.07, 6.45) is 2.38. The fraction of sp³-hybridized carbons (Fsp3) is 0.158. The first kappa shape index (κ1) is 17.1. The molecule has 2 aromatic carbocycles. The van der Waals surface area contributed by atoms with Gasteiger partial charge in [-0.05, 0) is 31.2 Å². The molecule has 6 heteroatoms. The highest BCUT2D eigenvalue weighted by atomic mass is 32.2. The lowest BCUT2D eigenvalue weighted by atomic mass is 9.93. The minimum absolute atomic E-state index is 0.0878. The van der Waals surface area contributed by atoms with Gasteiger partial charge in [-0.1, -0.05) is 17.7 Å². The molecule has 1 atom stereocenters. The van der Waals surface area contributed by atoms with Gasteiger partial charge >= 0.3 is 0 Å². The molecule has 0 spiro atoms. The topological polar surface area (TPSA) is 69.7 Å². The van der Waals surface area contributed by atoms with Crippen molar-refractivity contribution in [3.63, 3.8) is 0 Å². The van der Waals surface area contributed by atoms with Gasteiger partial charge < -0.3 is 9.47 Å². The molecule has 0 heterocycles. The molecule has 1 aliphatic carbocycles. The van der Waals surface area contributed by atoms with Crippen molar-refractivity contribution in [1.29, 1.82) is 0 Å². The second kappa shape index (κ2) is 6.64. The van der Waals surface area contributed by atoms with Crippen LogP contribution in [-0.2, 0) is 10.8 Å². The van der Waals surface area contributed by atoms with Crippen molar-refractivity contribution in [1.82, 2.24) is 0 Å². The molecule has 0 amide bonds. The summed E-state index contributed by atoms with van der Waals surface area (Å²) in [4.78, 5) is 25.4. The van der Waals surface area contributed by atoms with E-state index in [1.54, 1.807) is 12.1 Å². The van der Waals surface area contributed by atoms with E-state index in [9.17, 15) is 13.8 Å². The number of methoxy groups -OCH3 is 2. The van der Waals surface area contributed by atoms with Gasteiger partial charge in [0.2, 0.25) is 0 Å². The fourth-order valence-electron chi connectivity index (χ4n) is 2.70. The first-order valence-electron chi connectivity index (χ1n) is 7.52. The van der Waals surface area contributed by atoms with Crippen LogP contribution in [0.15, 0.2) is 52.3 Å². The molecule has 0 aliphatic heterocycles. The van der Waals surface area contributed by atoms with Crippen molar-refractivity contribution in [2.45, 2.75) is 16.7 Å². The SMILES string of the molecule is COc1cc(S(=O)c2ccc(C)cc2)c(OC)c2c1C(=O)C=CC2=O. The van der Waals surface area contributed by atoms with Gasteiger partial charge in [0.15, 0.2) is 11.6 Å². The third-order valence-electron chi connectivity index (χ3n) is 3.95. The third-order valence-corrected chi connectivity index (χ3v) is 5.35. The van der Waals surface area contributed by atoms with Gasteiger partial charge in [0.05, 0.1) is 41.0 Å². The van der Waals surface area contributed by atoms with Crippen molar-refractivity contribution in [3.05, 3.63) is 59.2 Å². The number of ether oxygens (including phenoxy) is 2. The Kier molecular flexibility index (Phi) is 4.55. The molecule has 0 N–H and O–H groups in total. The van der Waals surface area contributed by atoms with Crippen LogP contribution in [0, 0.1) is 6.92 Å². The lowest BCUT2D eigenvalue weighted by Gasteiger charge is -2.19. The van der Waals surface area contributed by atoms with E-state index < -0.39 is 10.8 Å². The summed E-state index contributed by atoms with van der Waals surface area (Å²) in [5.41, 5.74) is 1.27. The molecule has 5 nitrogen and oxygen atoms in total. The van der Waals surface area contributed by atoms with Crippen molar-refractivity contribution < 1.29 is 23.3 Å². The predicted molar refractivity (Wildman–Crippen MR) is 93.2 cm³/mol. The number of hydrogen-bond acceptors (Lipinski definition) is 5. The number of aryl methyl sites for hydroxylation is 1. The Morgan fingerprint density at radius 2 is 1.48 bits per heavy atom. The van der Waals surface area contributed by atoms with Crippen LogP contribution in [0.5, 0.6) is 11.5 Å². The quantitative estimate of drug-likeness (QED) is 0.842. The maximum atomic E-state index is 13.0. The molecule has 0 fully saturated rings. The van der Waals surface area contributed by atoms with E-state index in [1.165, 1.54) is 32.4 Å². The van der Waals surface area contributed by atoms with Crippen molar-refractivity contribution >= 4 is 22.4 Å². The maximum Gasteiger partial charge on any atom is 0.190 e. The van der Waals surface area contributed by atoms with Gasteiger partial charge in [-0.15, -0.1) is 0 Å². The summed E-state index contributed by atoms with van der Waals surface area (Å²) in [7, 11) is 1.19. The number of allylic oxidation sites excluding steroid dienone is 2. The Morgan fingerprint density at radius 1 is 0.880 bits per heavy atom. The Morgan fingerprint density at radius 3 is 2.04 bits per heavy atom. The number of carbonyl (C=O) groups excluding carboxylic acids is 2. The number of hydrogen-bond donors (Lipinski definition) is 0. The number of rotatable bonds is 4. The van der Waals surface area contributed by atoms with Crippen LogP contribution in [0.3, 0.4) is 0 Å². The molecule has 2 aromatic rings. The molecule has 1 unspecified atom stereocenters.